The summed E-state index contributed by atoms with van der Waals surface area (Å²) in [5, 5.41) is 0. The van der Waals surface area contributed by atoms with E-state index >= 15 is 0 Å². The normalized spacial score (nSPS) is 12.0. The summed E-state index contributed by atoms with van der Waals surface area (Å²) in [6.07, 6.45) is 37.2. The second-order valence-corrected chi connectivity index (χ2v) is 13.5. The molecule has 250 valence electrons. The van der Waals surface area contributed by atoms with Crippen molar-refractivity contribution in [1.29, 1.82) is 0 Å². The van der Waals surface area contributed by atoms with Gasteiger partial charge in [-0.3, -0.25) is 9.59 Å². The SMILES string of the molecule is CCCCCCCCCCCCCCCCCC(=O)OC[C@H](CI)OC(=O)CCCCCCCCCCCCCCC. The van der Waals surface area contributed by atoms with Crippen LogP contribution in [0.3, 0.4) is 0 Å². The van der Waals surface area contributed by atoms with Gasteiger partial charge in [0.1, 0.15) is 12.7 Å². The molecular formula is C37H71IO4. The molecule has 0 spiro atoms. The van der Waals surface area contributed by atoms with Gasteiger partial charge >= 0.3 is 11.9 Å². The van der Waals surface area contributed by atoms with Crippen molar-refractivity contribution in [1.82, 2.24) is 0 Å². The van der Waals surface area contributed by atoms with E-state index in [4.69, 9.17) is 9.47 Å². The number of carbonyl (C=O) groups excluding carboxylic acids is 2. The lowest BCUT2D eigenvalue weighted by Crippen LogP contribution is -2.26. The minimum Gasteiger partial charge on any atom is -0.462 e. The summed E-state index contributed by atoms with van der Waals surface area (Å²) < 4.78 is 11.6. The Bertz CT molecular complexity index is 568. The van der Waals surface area contributed by atoms with Gasteiger partial charge in [0.2, 0.25) is 0 Å². The van der Waals surface area contributed by atoms with Crippen LogP contribution < -0.4 is 0 Å². The van der Waals surface area contributed by atoms with Gasteiger partial charge in [-0.15, -0.1) is 0 Å². The second kappa shape index (κ2) is 35.2. The molecule has 0 unspecified atom stereocenters. The Morgan fingerprint density at radius 3 is 1.05 bits per heavy atom. The highest BCUT2D eigenvalue weighted by atomic mass is 127. The van der Waals surface area contributed by atoms with Crippen LogP contribution in [0.25, 0.3) is 0 Å². The van der Waals surface area contributed by atoms with Crippen LogP contribution in [0.5, 0.6) is 0 Å². The van der Waals surface area contributed by atoms with Gasteiger partial charge in [0.15, 0.2) is 0 Å². The summed E-state index contributed by atoms with van der Waals surface area (Å²) in [5.41, 5.74) is 0. The summed E-state index contributed by atoms with van der Waals surface area (Å²) in [6.45, 7) is 4.73. The van der Waals surface area contributed by atoms with E-state index in [9.17, 15) is 9.59 Å². The van der Waals surface area contributed by atoms with E-state index < -0.39 is 0 Å². The first-order valence-corrected chi connectivity index (χ1v) is 20.1. The second-order valence-electron chi connectivity index (χ2n) is 12.6. The largest absolute Gasteiger partial charge is 0.462 e. The van der Waals surface area contributed by atoms with Crippen LogP contribution >= 0.6 is 22.6 Å². The molecule has 4 nitrogen and oxygen atoms in total. The standard InChI is InChI=1S/C37H71IO4/c1-3-5-7-9-11-13-15-17-18-20-21-23-25-27-29-31-36(39)41-34-35(33-38)42-37(40)32-30-28-26-24-22-19-16-14-12-10-8-6-4-2/h35H,3-34H2,1-2H3/t35-/m0/s1. The molecule has 0 bridgehead atoms. The van der Waals surface area contributed by atoms with Crippen molar-refractivity contribution in [3.05, 3.63) is 0 Å². The fourth-order valence-corrected chi connectivity index (χ4v) is 5.97. The molecule has 0 rings (SSSR count). The molecular weight excluding hydrogens is 635 g/mol. The third kappa shape index (κ3) is 32.6. The van der Waals surface area contributed by atoms with E-state index in [0.717, 1.165) is 25.7 Å². The number of rotatable bonds is 34. The van der Waals surface area contributed by atoms with Crippen LogP contribution in [0.4, 0.5) is 0 Å². The van der Waals surface area contributed by atoms with Gasteiger partial charge in [0.25, 0.3) is 0 Å². The molecule has 0 fully saturated rings. The van der Waals surface area contributed by atoms with Crippen LogP contribution in [0.2, 0.25) is 0 Å². The van der Waals surface area contributed by atoms with Crippen LogP contribution in [-0.2, 0) is 19.1 Å². The van der Waals surface area contributed by atoms with Crippen LogP contribution in [0.1, 0.15) is 206 Å². The monoisotopic (exact) mass is 706 g/mol. The van der Waals surface area contributed by atoms with Gasteiger partial charge < -0.3 is 9.47 Å². The Labute approximate surface area is 276 Å². The topological polar surface area (TPSA) is 52.6 Å². The van der Waals surface area contributed by atoms with Crippen molar-refractivity contribution in [3.63, 3.8) is 0 Å². The van der Waals surface area contributed by atoms with Crippen LogP contribution in [0.15, 0.2) is 0 Å². The fraction of sp³-hybridized carbons (Fsp3) is 0.946. The highest BCUT2D eigenvalue weighted by Crippen LogP contribution is 2.15. The number of esters is 2. The molecule has 1 atom stereocenters. The fourth-order valence-electron chi connectivity index (χ4n) is 5.54. The van der Waals surface area contributed by atoms with Crippen molar-refractivity contribution in [2.45, 2.75) is 213 Å². The minimum absolute atomic E-state index is 0.154. The first-order valence-electron chi connectivity index (χ1n) is 18.5. The number of carbonyl (C=O) groups is 2. The van der Waals surface area contributed by atoms with Gasteiger partial charge in [-0.2, -0.15) is 0 Å². The Hall–Kier alpha value is -0.330. The molecule has 0 saturated carbocycles. The van der Waals surface area contributed by atoms with Crippen molar-refractivity contribution < 1.29 is 19.1 Å². The molecule has 0 aromatic heterocycles. The number of hydrogen-bond donors (Lipinski definition) is 0. The quantitative estimate of drug-likeness (QED) is 0.0289. The molecule has 0 N–H and O–H groups in total. The molecule has 0 heterocycles. The van der Waals surface area contributed by atoms with Crippen molar-refractivity contribution in [2.75, 3.05) is 11.0 Å². The van der Waals surface area contributed by atoms with E-state index in [2.05, 4.69) is 36.4 Å². The zero-order chi connectivity index (χ0) is 30.8. The van der Waals surface area contributed by atoms with E-state index in [1.54, 1.807) is 0 Å². The predicted molar refractivity (Wildman–Crippen MR) is 190 cm³/mol. The third-order valence-corrected chi connectivity index (χ3v) is 9.35. The lowest BCUT2D eigenvalue weighted by molar-refractivity contribution is -0.157. The highest BCUT2D eigenvalue weighted by Gasteiger charge is 2.15. The van der Waals surface area contributed by atoms with Crippen molar-refractivity contribution in [3.8, 4) is 0 Å². The van der Waals surface area contributed by atoms with Crippen molar-refractivity contribution in [2.24, 2.45) is 0 Å². The molecule has 0 aromatic rings. The molecule has 0 aliphatic heterocycles. The maximum absolute atomic E-state index is 12.2. The minimum atomic E-state index is -0.329. The summed E-state index contributed by atoms with van der Waals surface area (Å²) in [6, 6.07) is 0. The van der Waals surface area contributed by atoms with Crippen LogP contribution in [-0.4, -0.2) is 29.1 Å². The maximum Gasteiger partial charge on any atom is 0.306 e. The molecule has 0 aliphatic rings. The molecule has 5 heteroatoms. The lowest BCUT2D eigenvalue weighted by atomic mass is 10.0. The Morgan fingerprint density at radius 1 is 0.452 bits per heavy atom. The van der Waals surface area contributed by atoms with Gasteiger partial charge in [-0.25, -0.2) is 0 Å². The van der Waals surface area contributed by atoms with E-state index in [-0.39, 0.29) is 24.6 Å². The first-order chi connectivity index (χ1) is 20.6. The Morgan fingerprint density at radius 2 is 0.738 bits per heavy atom. The lowest BCUT2D eigenvalue weighted by Gasteiger charge is -2.15. The van der Waals surface area contributed by atoms with E-state index in [0.29, 0.717) is 17.3 Å². The number of hydrogen-bond acceptors (Lipinski definition) is 4. The number of halogens is 1. The van der Waals surface area contributed by atoms with Gasteiger partial charge in [0.05, 0.1) is 0 Å². The Kier molecular flexibility index (Phi) is 34.9. The smallest absolute Gasteiger partial charge is 0.306 e. The number of ether oxygens (including phenoxy) is 2. The molecule has 42 heavy (non-hydrogen) atoms. The molecule has 0 aromatic carbocycles. The zero-order valence-corrected chi connectivity index (χ0v) is 30.4. The first kappa shape index (κ1) is 41.7. The summed E-state index contributed by atoms with van der Waals surface area (Å²) in [7, 11) is 0. The van der Waals surface area contributed by atoms with E-state index in [1.165, 1.54) is 154 Å². The number of unbranched alkanes of at least 4 members (excludes halogenated alkanes) is 26. The molecule has 0 amide bonds. The van der Waals surface area contributed by atoms with Crippen LogP contribution in [0, 0.1) is 0 Å². The maximum atomic E-state index is 12.2. The van der Waals surface area contributed by atoms with E-state index in [1.807, 2.05) is 0 Å². The highest BCUT2D eigenvalue weighted by molar-refractivity contribution is 14.1. The molecule has 0 aliphatic carbocycles. The predicted octanol–water partition coefficient (Wildman–Crippen LogP) is 12.6. The summed E-state index contributed by atoms with van der Waals surface area (Å²) in [4.78, 5) is 24.3. The molecule has 0 saturated heterocycles. The summed E-state index contributed by atoms with van der Waals surface area (Å²) in [5.74, 6) is -0.315. The van der Waals surface area contributed by atoms with Crippen molar-refractivity contribution >= 4 is 34.5 Å². The zero-order valence-electron chi connectivity index (χ0n) is 28.2. The summed E-state index contributed by atoms with van der Waals surface area (Å²) >= 11 is 2.20. The Balaban J connectivity index is 3.51. The average Bonchev–Trinajstić information content (AvgIpc) is 2.99. The molecule has 0 radical (unpaired) electrons. The average molecular weight is 707 g/mol. The van der Waals surface area contributed by atoms with Gasteiger partial charge in [-0.05, 0) is 12.8 Å². The third-order valence-electron chi connectivity index (χ3n) is 8.37. The number of alkyl halides is 1. The van der Waals surface area contributed by atoms with Gasteiger partial charge in [-0.1, -0.05) is 203 Å². The van der Waals surface area contributed by atoms with Gasteiger partial charge in [0, 0.05) is 17.3 Å².